The third kappa shape index (κ3) is 4.17. The number of nitro benzene ring substituents is 1. The highest BCUT2D eigenvalue weighted by atomic mass is 35.5. The predicted octanol–water partition coefficient (Wildman–Crippen LogP) is 4.65. The topological polar surface area (TPSA) is 75.8 Å². The largest absolute Gasteiger partial charge is 0.286 e. The molecule has 0 bridgehead atoms. The molecule has 0 fully saturated rings. The van der Waals surface area contributed by atoms with Gasteiger partial charge in [-0.25, -0.2) is 0 Å². The summed E-state index contributed by atoms with van der Waals surface area (Å²) in [6.07, 6.45) is 0. The molecule has 0 N–H and O–H groups in total. The molecule has 0 spiro atoms. The number of carbonyl (C=O) groups is 1. The van der Waals surface area contributed by atoms with E-state index in [0.29, 0.717) is 29.0 Å². The van der Waals surface area contributed by atoms with E-state index in [1.54, 1.807) is 12.1 Å². The molecule has 1 amide bonds. The second-order valence-corrected chi connectivity index (χ2v) is 7.24. The van der Waals surface area contributed by atoms with Crippen molar-refractivity contribution in [2.24, 2.45) is 4.99 Å². The zero-order chi connectivity index (χ0) is 18.7. The van der Waals surface area contributed by atoms with E-state index in [-0.39, 0.29) is 16.3 Å². The molecule has 6 nitrogen and oxygen atoms in total. The highest BCUT2D eigenvalue weighted by Crippen LogP contribution is 2.27. The molecule has 1 aliphatic heterocycles. The Morgan fingerprint density at radius 3 is 2.65 bits per heavy atom. The minimum atomic E-state index is -0.554. The van der Waals surface area contributed by atoms with Gasteiger partial charge < -0.3 is 0 Å². The smallest absolute Gasteiger partial charge is 0.270 e. The summed E-state index contributed by atoms with van der Waals surface area (Å²) in [5, 5.41) is 12.4. The van der Waals surface area contributed by atoms with Crippen molar-refractivity contribution in [3.8, 4) is 0 Å². The van der Waals surface area contributed by atoms with E-state index in [4.69, 9.17) is 23.2 Å². The summed E-state index contributed by atoms with van der Waals surface area (Å²) in [5.41, 5.74) is 0.974. The number of hydrogen-bond donors (Lipinski definition) is 0. The van der Waals surface area contributed by atoms with Crippen molar-refractivity contribution in [2.75, 3.05) is 13.1 Å². The molecular formula is C17H13Cl2N3O3S. The molecule has 26 heavy (non-hydrogen) atoms. The first-order valence-corrected chi connectivity index (χ1v) is 9.37. The molecule has 0 aliphatic carbocycles. The van der Waals surface area contributed by atoms with Gasteiger partial charge in [0.1, 0.15) is 0 Å². The molecular weight excluding hydrogens is 397 g/mol. The first kappa shape index (κ1) is 18.7. The van der Waals surface area contributed by atoms with Gasteiger partial charge in [0, 0.05) is 29.5 Å². The molecule has 0 aromatic heterocycles. The summed E-state index contributed by atoms with van der Waals surface area (Å²) < 4.78 is 0. The van der Waals surface area contributed by atoms with Crippen LogP contribution in [-0.4, -0.2) is 34.0 Å². The number of nitrogens with zero attached hydrogens (tertiary/aromatic N) is 3. The Labute approximate surface area is 164 Å². The quantitative estimate of drug-likeness (QED) is 0.543. The van der Waals surface area contributed by atoms with Crippen LogP contribution in [0.2, 0.25) is 10.0 Å². The molecule has 2 aromatic rings. The van der Waals surface area contributed by atoms with Gasteiger partial charge in [0.05, 0.1) is 22.1 Å². The number of aliphatic imine (C=N–C) groups is 1. The van der Waals surface area contributed by atoms with Crippen molar-refractivity contribution in [1.29, 1.82) is 0 Å². The molecule has 134 valence electrons. The maximum atomic E-state index is 12.8. The zero-order valence-electron chi connectivity index (χ0n) is 13.4. The molecule has 0 unspecified atom stereocenters. The average Bonchev–Trinajstić information content (AvgIpc) is 3.09. The van der Waals surface area contributed by atoms with Gasteiger partial charge in [-0.05, 0) is 23.8 Å². The number of amidine groups is 1. The summed E-state index contributed by atoms with van der Waals surface area (Å²) >= 11 is 13.4. The lowest BCUT2D eigenvalue weighted by molar-refractivity contribution is -0.384. The molecule has 0 saturated heterocycles. The number of benzene rings is 2. The molecule has 0 radical (unpaired) electrons. The molecule has 3 rings (SSSR count). The van der Waals surface area contributed by atoms with Gasteiger partial charge in [-0.3, -0.25) is 24.8 Å². The highest BCUT2D eigenvalue weighted by molar-refractivity contribution is 8.13. The van der Waals surface area contributed by atoms with Gasteiger partial charge >= 0.3 is 0 Å². The van der Waals surface area contributed by atoms with Crippen LogP contribution in [-0.2, 0) is 5.75 Å². The Balaban J connectivity index is 1.75. The summed E-state index contributed by atoms with van der Waals surface area (Å²) in [7, 11) is 0. The Morgan fingerprint density at radius 2 is 1.96 bits per heavy atom. The van der Waals surface area contributed by atoms with Gasteiger partial charge in [0.15, 0.2) is 5.17 Å². The van der Waals surface area contributed by atoms with E-state index in [2.05, 4.69) is 4.99 Å². The van der Waals surface area contributed by atoms with Crippen LogP contribution in [0.3, 0.4) is 0 Å². The van der Waals surface area contributed by atoms with Crippen molar-refractivity contribution in [3.63, 3.8) is 0 Å². The van der Waals surface area contributed by atoms with E-state index in [1.807, 2.05) is 12.1 Å². The first-order valence-electron chi connectivity index (χ1n) is 7.63. The lowest BCUT2D eigenvalue weighted by Crippen LogP contribution is -2.33. The average molecular weight is 410 g/mol. The Hall–Kier alpha value is -2.09. The van der Waals surface area contributed by atoms with E-state index in [9.17, 15) is 14.9 Å². The predicted molar refractivity (Wildman–Crippen MR) is 104 cm³/mol. The fourth-order valence-corrected chi connectivity index (χ4v) is 3.73. The number of amides is 1. The number of carbonyl (C=O) groups excluding carboxylic acids is 1. The molecule has 0 saturated carbocycles. The van der Waals surface area contributed by atoms with E-state index in [0.717, 1.165) is 5.56 Å². The summed E-state index contributed by atoms with van der Waals surface area (Å²) in [5.74, 6) is 0.237. The SMILES string of the molecule is O=C(c1cc([N+](=O)[O-])ccc1Cl)N1CCN=C1SCc1ccc(Cl)cc1. The highest BCUT2D eigenvalue weighted by Gasteiger charge is 2.27. The molecule has 9 heteroatoms. The maximum Gasteiger partial charge on any atom is 0.270 e. The summed E-state index contributed by atoms with van der Waals surface area (Å²) in [6, 6.07) is 11.3. The fourth-order valence-electron chi connectivity index (χ4n) is 2.40. The lowest BCUT2D eigenvalue weighted by Gasteiger charge is -2.18. The number of thioether (sulfide) groups is 1. The Kier molecular flexibility index (Phi) is 5.80. The van der Waals surface area contributed by atoms with Crippen molar-refractivity contribution in [3.05, 3.63) is 73.8 Å². The second-order valence-electron chi connectivity index (χ2n) is 5.46. The Morgan fingerprint density at radius 1 is 1.23 bits per heavy atom. The van der Waals surface area contributed by atoms with E-state index in [1.165, 1.54) is 34.9 Å². The molecule has 2 aromatic carbocycles. The molecule has 0 atom stereocenters. The van der Waals surface area contributed by atoms with Gasteiger partial charge in [0.25, 0.3) is 11.6 Å². The van der Waals surface area contributed by atoms with Crippen LogP contribution in [0.15, 0.2) is 47.5 Å². The van der Waals surface area contributed by atoms with Gasteiger partial charge in [-0.2, -0.15) is 0 Å². The van der Waals surface area contributed by atoms with Crippen LogP contribution >= 0.6 is 35.0 Å². The van der Waals surface area contributed by atoms with E-state index < -0.39 is 10.8 Å². The minimum absolute atomic E-state index is 0.0996. The Bertz CT molecular complexity index is 887. The van der Waals surface area contributed by atoms with Crippen LogP contribution in [0.1, 0.15) is 15.9 Å². The van der Waals surface area contributed by atoms with Crippen LogP contribution in [0.25, 0.3) is 0 Å². The molecule has 1 heterocycles. The lowest BCUT2D eigenvalue weighted by atomic mass is 10.2. The van der Waals surface area contributed by atoms with Gasteiger partial charge in [0.2, 0.25) is 0 Å². The summed E-state index contributed by atoms with van der Waals surface area (Å²) in [6.45, 7) is 0.905. The van der Waals surface area contributed by atoms with Crippen LogP contribution in [0, 0.1) is 10.1 Å². The minimum Gasteiger partial charge on any atom is -0.286 e. The van der Waals surface area contributed by atoms with Crippen LogP contribution in [0.4, 0.5) is 5.69 Å². The number of hydrogen-bond acceptors (Lipinski definition) is 5. The van der Waals surface area contributed by atoms with E-state index >= 15 is 0 Å². The van der Waals surface area contributed by atoms with Crippen LogP contribution < -0.4 is 0 Å². The van der Waals surface area contributed by atoms with Crippen molar-refractivity contribution in [2.45, 2.75) is 5.75 Å². The molecule has 1 aliphatic rings. The second kappa shape index (κ2) is 8.07. The monoisotopic (exact) mass is 409 g/mol. The maximum absolute atomic E-state index is 12.8. The van der Waals surface area contributed by atoms with Crippen molar-refractivity contribution < 1.29 is 9.72 Å². The third-order valence-electron chi connectivity index (χ3n) is 3.72. The summed E-state index contributed by atoms with van der Waals surface area (Å²) in [4.78, 5) is 29.1. The third-order valence-corrected chi connectivity index (χ3v) is 5.39. The number of non-ortho nitro benzene ring substituents is 1. The zero-order valence-corrected chi connectivity index (χ0v) is 15.7. The van der Waals surface area contributed by atoms with Gasteiger partial charge in [-0.1, -0.05) is 47.1 Å². The van der Waals surface area contributed by atoms with Crippen LogP contribution in [0.5, 0.6) is 0 Å². The fraction of sp³-hybridized carbons (Fsp3) is 0.176. The van der Waals surface area contributed by atoms with Crippen molar-refractivity contribution >= 4 is 51.7 Å². The first-order chi connectivity index (χ1) is 12.5. The number of halogens is 2. The van der Waals surface area contributed by atoms with Crippen molar-refractivity contribution in [1.82, 2.24) is 4.90 Å². The number of nitro groups is 1. The standard InChI is InChI=1S/C17H13Cl2N3O3S/c18-12-3-1-11(2-4-12)10-26-17-20-7-8-21(17)16(23)14-9-13(22(24)25)5-6-15(14)19/h1-6,9H,7-8,10H2. The van der Waals surface area contributed by atoms with Gasteiger partial charge in [-0.15, -0.1) is 0 Å². The number of rotatable bonds is 4. The normalized spacial score (nSPS) is 13.6.